The SMILES string of the molecule is O=C(CCC1CCC1)Nc1ccc(S(=O)(=O)n2cnc(C3CCC3)n2)cc1. The Morgan fingerprint density at radius 1 is 1.11 bits per heavy atom. The van der Waals surface area contributed by atoms with Crippen molar-refractivity contribution in [1.29, 1.82) is 0 Å². The van der Waals surface area contributed by atoms with E-state index in [2.05, 4.69) is 15.4 Å². The summed E-state index contributed by atoms with van der Waals surface area (Å²) in [5, 5.41) is 6.98. The van der Waals surface area contributed by atoms with E-state index < -0.39 is 10.0 Å². The van der Waals surface area contributed by atoms with Crippen LogP contribution in [0.4, 0.5) is 5.69 Å². The van der Waals surface area contributed by atoms with Crippen molar-refractivity contribution in [2.24, 2.45) is 5.92 Å². The summed E-state index contributed by atoms with van der Waals surface area (Å²) >= 11 is 0. The largest absolute Gasteiger partial charge is 0.326 e. The van der Waals surface area contributed by atoms with Gasteiger partial charge in [-0.3, -0.25) is 4.79 Å². The van der Waals surface area contributed by atoms with Crippen molar-refractivity contribution in [2.45, 2.75) is 62.2 Å². The van der Waals surface area contributed by atoms with Gasteiger partial charge in [0.1, 0.15) is 6.33 Å². The maximum atomic E-state index is 12.7. The standard InChI is InChI=1S/C19H24N4O3S/c24-18(12-7-14-3-1-4-14)21-16-8-10-17(11-9-16)27(25,26)23-13-20-19(22-23)15-5-2-6-15/h8-11,13-15H,1-7,12H2,(H,21,24). The van der Waals surface area contributed by atoms with Gasteiger partial charge < -0.3 is 5.32 Å². The van der Waals surface area contributed by atoms with Crippen LogP contribution < -0.4 is 5.32 Å². The minimum absolute atomic E-state index is 0.0288. The monoisotopic (exact) mass is 388 g/mol. The highest BCUT2D eigenvalue weighted by atomic mass is 32.2. The van der Waals surface area contributed by atoms with Gasteiger partial charge in [-0.15, -0.1) is 9.19 Å². The molecule has 144 valence electrons. The second kappa shape index (κ2) is 7.42. The highest BCUT2D eigenvalue weighted by molar-refractivity contribution is 7.89. The van der Waals surface area contributed by atoms with E-state index in [4.69, 9.17) is 0 Å². The summed E-state index contributed by atoms with van der Waals surface area (Å²) in [6.45, 7) is 0. The first-order valence-electron chi connectivity index (χ1n) is 9.59. The van der Waals surface area contributed by atoms with Crippen molar-refractivity contribution in [2.75, 3.05) is 5.32 Å². The molecule has 0 saturated heterocycles. The predicted molar refractivity (Wildman–Crippen MR) is 101 cm³/mol. The first-order valence-corrected chi connectivity index (χ1v) is 11.0. The molecule has 0 bridgehead atoms. The molecule has 0 aliphatic heterocycles. The lowest BCUT2D eigenvalue weighted by molar-refractivity contribution is -0.116. The van der Waals surface area contributed by atoms with Gasteiger partial charge in [0.05, 0.1) is 4.90 Å². The minimum Gasteiger partial charge on any atom is -0.326 e. The van der Waals surface area contributed by atoms with Crippen LogP contribution in [-0.4, -0.2) is 28.5 Å². The summed E-state index contributed by atoms with van der Waals surface area (Å²) < 4.78 is 26.3. The molecular weight excluding hydrogens is 364 g/mol. The molecule has 0 spiro atoms. The van der Waals surface area contributed by atoms with Crippen LogP contribution in [0.25, 0.3) is 0 Å². The third-order valence-electron chi connectivity index (χ3n) is 5.65. The van der Waals surface area contributed by atoms with E-state index in [0.29, 0.717) is 23.9 Å². The van der Waals surface area contributed by atoms with E-state index in [1.807, 2.05) is 0 Å². The molecule has 8 heteroatoms. The number of amides is 1. The van der Waals surface area contributed by atoms with Crippen LogP contribution in [0.3, 0.4) is 0 Å². The van der Waals surface area contributed by atoms with Gasteiger partial charge in [-0.2, -0.15) is 8.42 Å². The predicted octanol–water partition coefficient (Wildman–Crippen LogP) is 3.30. The summed E-state index contributed by atoms with van der Waals surface area (Å²) in [6.07, 6.45) is 9.59. The van der Waals surface area contributed by atoms with Gasteiger partial charge in [0.2, 0.25) is 5.91 Å². The lowest BCUT2D eigenvalue weighted by Gasteiger charge is -2.24. The molecule has 0 radical (unpaired) electrons. The van der Waals surface area contributed by atoms with Crippen molar-refractivity contribution in [3.8, 4) is 0 Å². The molecule has 1 heterocycles. The Morgan fingerprint density at radius 3 is 2.41 bits per heavy atom. The quantitative estimate of drug-likeness (QED) is 0.785. The molecule has 27 heavy (non-hydrogen) atoms. The Balaban J connectivity index is 1.39. The zero-order valence-electron chi connectivity index (χ0n) is 15.2. The fraction of sp³-hybridized carbons (Fsp3) is 0.526. The average Bonchev–Trinajstić information content (AvgIpc) is 3.02. The summed E-state index contributed by atoms with van der Waals surface area (Å²) in [7, 11) is -3.77. The Bertz CT molecular complexity index is 913. The van der Waals surface area contributed by atoms with Crippen LogP contribution in [0, 0.1) is 5.92 Å². The molecule has 0 unspecified atom stereocenters. The summed E-state index contributed by atoms with van der Waals surface area (Å²) in [4.78, 5) is 16.3. The highest BCUT2D eigenvalue weighted by Gasteiger charge is 2.26. The maximum Gasteiger partial charge on any atom is 0.284 e. The molecule has 2 saturated carbocycles. The van der Waals surface area contributed by atoms with Gasteiger partial charge in [-0.1, -0.05) is 25.7 Å². The molecule has 0 atom stereocenters. The van der Waals surface area contributed by atoms with Crippen LogP contribution in [0.2, 0.25) is 0 Å². The van der Waals surface area contributed by atoms with E-state index in [1.165, 1.54) is 37.7 Å². The van der Waals surface area contributed by atoms with Crippen LogP contribution in [0.15, 0.2) is 35.5 Å². The van der Waals surface area contributed by atoms with Crippen molar-refractivity contribution < 1.29 is 13.2 Å². The van der Waals surface area contributed by atoms with Gasteiger partial charge in [0.25, 0.3) is 10.0 Å². The summed E-state index contributed by atoms with van der Waals surface area (Å²) in [6, 6.07) is 6.19. The van der Waals surface area contributed by atoms with E-state index >= 15 is 0 Å². The lowest BCUT2D eigenvalue weighted by Crippen LogP contribution is -2.17. The van der Waals surface area contributed by atoms with Crippen LogP contribution in [0.5, 0.6) is 0 Å². The fourth-order valence-corrected chi connectivity index (χ4v) is 4.45. The number of carbonyl (C=O) groups is 1. The fourth-order valence-electron chi connectivity index (χ4n) is 3.39. The molecule has 4 rings (SSSR count). The number of carbonyl (C=O) groups excluding carboxylic acids is 1. The molecule has 1 aromatic heterocycles. The van der Waals surface area contributed by atoms with Gasteiger partial charge in [0.15, 0.2) is 5.82 Å². The Labute approximate surface area is 159 Å². The molecule has 1 amide bonds. The van der Waals surface area contributed by atoms with Gasteiger partial charge in [-0.05, 0) is 49.4 Å². The second-order valence-electron chi connectivity index (χ2n) is 7.52. The first kappa shape index (κ1) is 18.2. The number of hydrogen-bond acceptors (Lipinski definition) is 5. The van der Waals surface area contributed by atoms with Crippen LogP contribution >= 0.6 is 0 Å². The molecule has 2 fully saturated rings. The maximum absolute atomic E-state index is 12.7. The summed E-state index contributed by atoms with van der Waals surface area (Å²) in [5.74, 6) is 1.54. The molecular formula is C19H24N4O3S. The number of nitrogens with zero attached hydrogens (tertiary/aromatic N) is 3. The van der Waals surface area contributed by atoms with E-state index in [0.717, 1.165) is 29.8 Å². The molecule has 1 N–H and O–H groups in total. The minimum atomic E-state index is -3.77. The third-order valence-corrected chi connectivity index (χ3v) is 7.18. The van der Waals surface area contributed by atoms with E-state index in [-0.39, 0.29) is 16.7 Å². The number of benzene rings is 1. The molecule has 2 aromatic rings. The van der Waals surface area contributed by atoms with Gasteiger partial charge >= 0.3 is 0 Å². The summed E-state index contributed by atoms with van der Waals surface area (Å²) in [5.41, 5.74) is 0.598. The lowest BCUT2D eigenvalue weighted by atomic mass is 9.82. The Hall–Kier alpha value is -2.22. The molecule has 2 aliphatic rings. The smallest absolute Gasteiger partial charge is 0.284 e. The number of nitrogens with one attached hydrogen (secondary N) is 1. The van der Waals surface area contributed by atoms with Crippen molar-refractivity contribution in [3.05, 3.63) is 36.4 Å². The normalized spacial score (nSPS) is 17.9. The number of hydrogen-bond donors (Lipinski definition) is 1. The molecule has 1 aromatic carbocycles. The zero-order valence-corrected chi connectivity index (χ0v) is 16.0. The zero-order chi connectivity index (χ0) is 18.9. The Kier molecular flexibility index (Phi) is 4.99. The van der Waals surface area contributed by atoms with Crippen LogP contribution in [0.1, 0.15) is 63.1 Å². The Morgan fingerprint density at radius 2 is 1.81 bits per heavy atom. The second-order valence-corrected chi connectivity index (χ2v) is 9.31. The molecule has 2 aliphatic carbocycles. The van der Waals surface area contributed by atoms with Crippen LogP contribution in [-0.2, 0) is 14.8 Å². The number of aromatic nitrogens is 3. The van der Waals surface area contributed by atoms with Crippen molar-refractivity contribution >= 4 is 21.6 Å². The van der Waals surface area contributed by atoms with Gasteiger partial charge in [0, 0.05) is 18.0 Å². The van der Waals surface area contributed by atoms with E-state index in [1.54, 1.807) is 12.1 Å². The third kappa shape index (κ3) is 3.90. The number of rotatable bonds is 7. The van der Waals surface area contributed by atoms with Crippen molar-refractivity contribution in [3.63, 3.8) is 0 Å². The van der Waals surface area contributed by atoms with Crippen molar-refractivity contribution in [1.82, 2.24) is 14.2 Å². The van der Waals surface area contributed by atoms with E-state index in [9.17, 15) is 13.2 Å². The van der Waals surface area contributed by atoms with Gasteiger partial charge in [-0.25, -0.2) is 4.98 Å². The average molecular weight is 388 g/mol. The molecule has 7 nitrogen and oxygen atoms in total. The highest BCUT2D eigenvalue weighted by Crippen LogP contribution is 2.34. The first-order chi connectivity index (χ1) is 13.0. The number of anilines is 1. The topological polar surface area (TPSA) is 94.0 Å².